The minimum atomic E-state index is -3.67. The number of carbonyl (C=O) groups is 2. The molecule has 0 spiro atoms. The van der Waals surface area contributed by atoms with Gasteiger partial charge in [-0.1, -0.05) is 11.6 Å². The van der Waals surface area contributed by atoms with Gasteiger partial charge in [-0.3, -0.25) is 9.59 Å². The lowest BCUT2D eigenvalue weighted by atomic mass is 9.91. The maximum Gasteiger partial charge on any atom is 0.252 e. The number of sulfonamides is 1. The predicted octanol–water partition coefficient (Wildman–Crippen LogP) is 0.711. The Morgan fingerprint density at radius 2 is 1.96 bits per heavy atom. The molecule has 10 heteroatoms. The first-order valence-corrected chi connectivity index (χ1v) is 10.1. The Hall–Kier alpha value is -1.16. The highest BCUT2D eigenvalue weighted by atomic mass is 35.5. The zero-order valence-electron chi connectivity index (χ0n) is 13.3. The largest absolute Gasteiger partial charge is 0.339 e. The van der Waals surface area contributed by atoms with Crippen LogP contribution in [-0.2, 0) is 19.6 Å². The fourth-order valence-electron chi connectivity index (χ4n) is 3.23. The van der Waals surface area contributed by atoms with Crippen LogP contribution in [0.15, 0.2) is 16.3 Å². The number of halogens is 1. The molecule has 3 heterocycles. The van der Waals surface area contributed by atoms with Crippen molar-refractivity contribution in [2.75, 3.05) is 33.7 Å². The van der Waals surface area contributed by atoms with E-state index in [1.807, 2.05) is 0 Å². The van der Waals surface area contributed by atoms with Crippen LogP contribution in [0.4, 0.5) is 0 Å². The molecule has 1 aromatic rings. The van der Waals surface area contributed by atoms with Crippen LogP contribution in [0.5, 0.6) is 0 Å². The highest BCUT2D eigenvalue weighted by molar-refractivity contribution is 7.91. The Bertz CT molecular complexity index is 779. The first-order chi connectivity index (χ1) is 11.2. The van der Waals surface area contributed by atoms with Gasteiger partial charge in [0.05, 0.1) is 22.8 Å². The van der Waals surface area contributed by atoms with E-state index in [9.17, 15) is 18.0 Å². The Kier molecular flexibility index (Phi) is 4.63. The van der Waals surface area contributed by atoms with Crippen LogP contribution in [0.2, 0.25) is 4.34 Å². The standard InChI is InChI=1S/C14H18ClN3O4S2/c1-16-8-12(19)17(2)10-7-18(6-5-9(10)14(16)20)24(21,22)13-4-3-11(15)23-13/h3-4,9-10H,5-8H2,1-2H3/t9-,10+/m0/s1. The summed E-state index contributed by atoms with van der Waals surface area (Å²) in [6.45, 7) is 0.389. The molecule has 2 saturated heterocycles. The van der Waals surface area contributed by atoms with E-state index in [1.54, 1.807) is 20.2 Å². The molecule has 7 nitrogen and oxygen atoms in total. The van der Waals surface area contributed by atoms with E-state index in [4.69, 9.17) is 11.6 Å². The zero-order valence-corrected chi connectivity index (χ0v) is 15.7. The number of likely N-dealkylation sites (N-methyl/N-ethyl adjacent to an activating group) is 2. The molecule has 24 heavy (non-hydrogen) atoms. The SMILES string of the molecule is CN1CC(=O)N(C)[C@@H]2CN(S(=O)(=O)c3ccc(Cl)s3)CC[C@@H]2C1=O. The highest BCUT2D eigenvalue weighted by Crippen LogP contribution is 2.33. The molecular weight excluding hydrogens is 374 g/mol. The third-order valence-corrected chi connectivity index (χ3v) is 8.21. The van der Waals surface area contributed by atoms with E-state index in [0.29, 0.717) is 10.8 Å². The molecule has 0 aromatic carbocycles. The van der Waals surface area contributed by atoms with Crippen molar-refractivity contribution in [3.63, 3.8) is 0 Å². The summed E-state index contributed by atoms with van der Waals surface area (Å²) in [6, 6.07) is 2.58. The molecule has 132 valence electrons. The lowest BCUT2D eigenvalue weighted by molar-refractivity contribution is -0.136. The molecule has 0 unspecified atom stereocenters. The molecule has 0 bridgehead atoms. The average Bonchev–Trinajstić information content (AvgIpc) is 2.97. The van der Waals surface area contributed by atoms with Crippen molar-refractivity contribution in [1.29, 1.82) is 0 Å². The summed E-state index contributed by atoms with van der Waals surface area (Å²) in [5, 5.41) is 0. The fourth-order valence-corrected chi connectivity index (χ4v) is 6.34. The minimum absolute atomic E-state index is 0.0234. The lowest BCUT2D eigenvalue weighted by Crippen LogP contribution is -2.55. The highest BCUT2D eigenvalue weighted by Gasteiger charge is 2.45. The van der Waals surface area contributed by atoms with E-state index in [2.05, 4.69) is 0 Å². The number of carbonyl (C=O) groups excluding carboxylic acids is 2. The Morgan fingerprint density at radius 3 is 2.58 bits per heavy atom. The van der Waals surface area contributed by atoms with Crippen molar-refractivity contribution in [2.45, 2.75) is 16.7 Å². The molecule has 2 fully saturated rings. The van der Waals surface area contributed by atoms with Gasteiger partial charge < -0.3 is 9.80 Å². The normalized spacial score (nSPS) is 26.5. The molecule has 0 aliphatic carbocycles. The van der Waals surface area contributed by atoms with Gasteiger partial charge in [0.15, 0.2) is 0 Å². The summed E-state index contributed by atoms with van der Waals surface area (Å²) >= 11 is 6.85. The molecule has 2 amide bonds. The number of piperidine rings is 1. The first-order valence-electron chi connectivity index (χ1n) is 7.48. The van der Waals surface area contributed by atoms with Crippen LogP contribution < -0.4 is 0 Å². The average molecular weight is 392 g/mol. The second kappa shape index (κ2) is 6.29. The van der Waals surface area contributed by atoms with Crippen LogP contribution in [0.25, 0.3) is 0 Å². The zero-order chi connectivity index (χ0) is 17.6. The Balaban J connectivity index is 1.89. The Labute approximate surface area is 149 Å². The lowest BCUT2D eigenvalue weighted by Gasteiger charge is -2.39. The van der Waals surface area contributed by atoms with Gasteiger partial charge in [-0.25, -0.2) is 8.42 Å². The monoisotopic (exact) mass is 391 g/mol. The topological polar surface area (TPSA) is 78.0 Å². The second-order valence-electron chi connectivity index (χ2n) is 6.08. The van der Waals surface area contributed by atoms with E-state index >= 15 is 0 Å². The van der Waals surface area contributed by atoms with Crippen LogP contribution in [0, 0.1) is 5.92 Å². The Morgan fingerprint density at radius 1 is 1.25 bits per heavy atom. The van der Waals surface area contributed by atoms with Crippen molar-refractivity contribution >= 4 is 44.8 Å². The number of amides is 2. The second-order valence-corrected chi connectivity index (χ2v) is 9.96. The molecule has 1 aromatic heterocycles. The van der Waals surface area contributed by atoms with Crippen molar-refractivity contribution in [3.8, 4) is 0 Å². The van der Waals surface area contributed by atoms with Gasteiger partial charge in [-0.15, -0.1) is 11.3 Å². The summed E-state index contributed by atoms with van der Waals surface area (Å²) in [5.41, 5.74) is 0. The van der Waals surface area contributed by atoms with Gasteiger partial charge in [0.2, 0.25) is 11.8 Å². The number of hydrogen-bond donors (Lipinski definition) is 0. The van der Waals surface area contributed by atoms with Gasteiger partial charge >= 0.3 is 0 Å². The van der Waals surface area contributed by atoms with Gasteiger partial charge in [0, 0.05) is 27.2 Å². The molecule has 2 aliphatic heterocycles. The van der Waals surface area contributed by atoms with E-state index in [-0.39, 0.29) is 41.6 Å². The first kappa shape index (κ1) is 17.7. The molecule has 3 rings (SSSR count). The van der Waals surface area contributed by atoms with Crippen LogP contribution >= 0.6 is 22.9 Å². The summed E-state index contributed by atoms with van der Waals surface area (Å²) in [5.74, 6) is -0.657. The van der Waals surface area contributed by atoms with Crippen molar-refractivity contribution in [3.05, 3.63) is 16.5 Å². The van der Waals surface area contributed by atoms with Crippen LogP contribution in [0.1, 0.15) is 6.42 Å². The van der Waals surface area contributed by atoms with Crippen molar-refractivity contribution in [2.24, 2.45) is 5.92 Å². The molecular formula is C14H18ClN3O4S2. The number of hydrogen-bond acceptors (Lipinski definition) is 5. The van der Waals surface area contributed by atoms with Gasteiger partial charge in [-0.05, 0) is 18.6 Å². The molecule has 2 aliphatic rings. The van der Waals surface area contributed by atoms with Crippen LogP contribution in [-0.4, -0.2) is 74.1 Å². The van der Waals surface area contributed by atoms with Crippen molar-refractivity contribution in [1.82, 2.24) is 14.1 Å². The van der Waals surface area contributed by atoms with Gasteiger partial charge in [0.1, 0.15) is 4.21 Å². The number of rotatable bonds is 2. The third kappa shape index (κ3) is 2.94. The fraction of sp³-hybridized carbons (Fsp3) is 0.571. The smallest absolute Gasteiger partial charge is 0.252 e. The van der Waals surface area contributed by atoms with E-state index in [1.165, 1.54) is 20.2 Å². The molecule has 0 N–H and O–H groups in total. The van der Waals surface area contributed by atoms with Crippen LogP contribution in [0.3, 0.4) is 0 Å². The van der Waals surface area contributed by atoms with E-state index < -0.39 is 16.1 Å². The minimum Gasteiger partial charge on any atom is -0.339 e. The number of nitrogens with zero attached hydrogens (tertiary/aromatic N) is 3. The molecule has 0 radical (unpaired) electrons. The maximum atomic E-state index is 12.8. The summed E-state index contributed by atoms with van der Waals surface area (Å²) in [6.07, 6.45) is 0.393. The van der Waals surface area contributed by atoms with E-state index in [0.717, 1.165) is 11.3 Å². The number of fused-ring (bicyclic) bond motifs is 1. The van der Waals surface area contributed by atoms with Gasteiger partial charge in [0.25, 0.3) is 10.0 Å². The number of thiophene rings is 1. The maximum absolute atomic E-state index is 12.8. The summed E-state index contributed by atoms with van der Waals surface area (Å²) in [7, 11) is -0.437. The third-order valence-electron chi connectivity index (χ3n) is 4.64. The van der Waals surface area contributed by atoms with Crippen molar-refractivity contribution < 1.29 is 18.0 Å². The summed E-state index contributed by atoms with van der Waals surface area (Å²) < 4.78 is 27.5. The quantitative estimate of drug-likeness (QED) is 0.743. The molecule has 0 saturated carbocycles. The predicted molar refractivity (Wildman–Crippen MR) is 90.4 cm³/mol. The van der Waals surface area contributed by atoms with Gasteiger partial charge in [-0.2, -0.15) is 4.31 Å². The molecule has 2 atom stereocenters. The summed E-state index contributed by atoms with van der Waals surface area (Å²) in [4.78, 5) is 27.6.